The monoisotopic (exact) mass is 189 g/mol. The van der Waals surface area contributed by atoms with Crippen molar-refractivity contribution in [1.82, 2.24) is 15.6 Å². The van der Waals surface area contributed by atoms with Gasteiger partial charge < -0.3 is 4.89 Å². The molecule has 8 nitrogen and oxygen atoms in total. The molecule has 0 fully saturated rings. The zero-order chi connectivity index (χ0) is 8.20. The van der Waals surface area contributed by atoms with Crippen LogP contribution in [0.15, 0.2) is 0 Å². The molecule has 0 radical (unpaired) electrons. The number of rotatable bonds is 4. The van der Waals surface area contributed by atoms with Crippen molar-refractivity contribution in [1.29, 1.82) is 0 Å². The topological polar surface area (TPSA) is 137 Å². The SMILES string of the molecule is NNP(=O)(O)NN[P+](=O)O. The van der Waals surface area contributed by atoms with Gasteiger partial charge in [0.2, 0.25) is 0 Å². The van der Waals surface area contributed by atoms with Crippen LogP contribution in [0, 0.1) is 0 Å². The zero-order valence-corrected chi connectivity index (χ0v) is 6.47. The first kappa shape index (κ1) is 10.1. The van der Waals surface area contributed by atoms with Gasteiger partial charge in [0.1, 0.15) is 0 Å². The Labute approximate surface area is 57.2 Å². The highest BCUT2D eigenvalue weighted by atomic mass is 31.2. The predicted molar refractivity (Wildman–Crippen MR) is 33.2 cm³/mol. The second-order valence-corrected chi connectivity index (χ2v) is 3.61. The van der Waals surface area contributed by atoms with Crippen LogP contribution in [0.25, 0.3) is 0 Å². The van der Waals surface area contributed by atoms with Crippen LogP contribution in [-0.4, -0.2) is 9.79 Å². The van der Waals surface area contributed by atoms with E-state index in [1.165, 1.54) is 5.20 Å². The fourth-order valence-electron chi connectivity index (χ4n) is 0.143. The van der Waals surface area contributed by atoms with Gasteiger partial charge in [0, 0.05) is 0 Å². The van der Waals surface area contributed by atoms with Gasteiger partial charge in [-0.25, -0.2) is 0 Å². The maximum absolute atomic E-state index is 10.4. The second kappa shape index (κ2) is 4.07. The van der Waals surface area contributed by atoms with Crippen molar-refractivity contribution in [3.63, 3.8) is 0 Å². The Morgan fingerprint density at radius 2 is 2.10 bits per heavy atom. The van der Waals surface area contributed by atoms with Gasteiger partial charge >= 0.3 is 15.8 Å². The first-order chi connectivity index (χ1) is 4.48. The molecular formula is H7N4O4P2+. The molecule has 0 aliphatic heterocycles. The zero-order valence-electron chi connectivity index (χ0n) is 4.68. The van der Waals surface area contributed by atoms with Gasteiger partial charge in [-0.2, -0.15) is 5.20 Å². The molecule has 0 spiro atoms. The lowest BCUT2D eigenvalue weighted by atomic mass is 12.9. The van der Waals surface area contributed by atoms with Crippen LogP contribution < -0.4 is 21.4 Å². The Hall–Kier alpha value is 0.0900. The van der Waals surface area contributed by atoms with Crippen molar-refractivity contribution in [2.45, 2.75) is 0 Å². The van der Waals surface area contributed by atoms with Crippen LogP contribution >= 0.6 is 15.8 Å². The van der Waals surface area contributed by atoms with Crippen molar-refractivity contribution in [2.75, 3.05) is 0 Å². The van der Waals surface area contributed by atoms with E-state index in [2.05, 4.69) is 5.84 Å². The van der Waals surface area contributed by atoms with E-state index in [9.17, 15) is 9.13 Å². The van der Waals surface area contributed by atoms with E-state index in [-0.39, 0.29) is 0 Å². The lowest BCUT2D eigenvalue weighted by Gasteiger charge is -2.04. The number of nitrogens with one attached hydrogen (secondary N) is 3. The third-order valence-corrected chi connectivity index (χ3v) is 1.72. The molecule has 2 unspecified atom stereocenters. The van der Waals surface area contributed by atoms with Gasteiger partial charge in [-0.3, -0.25) is 10.4 Å². The molecule has 10 heteroatoms. The van der Waals surface area contributed by atoms with E-state index in [0.717, 1.165) is 0 Å². The van der Waals surface area contributed by atoms with Crippen molar-refractivity contribution in [3.05, 3.63) is 0 Å². The summed E-state index contributed by atoms with van der Waals surface area (Å²) >= 11 is 0. The molecule has 0 aliphatic rings. The largest absolute Gasteiger partial charge is 0.626 e. The molecule has 2 atom stereocenters. The molecule has 60 valence electrons. The van der Waals surface area contributed by atoms with Crippen LogP contribution in [0.2, 0.25) is 0 Å². The Morgan fingerprint density at radius 3 is 2.40 bits per heavy atom. The number of hydrogen-bond donors (Lipinski definition) is 6. The van der Waals surface area contributed by atoms with E-state index in [0.29, 0.717) is 0 Å². The number of hydrogen-bond acceptors (Lipinski definition) is 3. The molecule has 0 aromatic rings. The molecule has 0 aromatic carbocycles. The highest BCUT2D eigenvalue weighted by molar-refractivity contribution is 7.54. The second-order valence-electron chi connectivity index (χ2n) is 1.20. The van der Waals surface area contributed by atoms with Crippen molar-refractivity contribution >= 4 is 15.8 Å². The average molecular weight is 189 g/mol. The maximum Gasteiger partial charge on any atom is 0.626 e. The van der Waals surface area contributed by atoms with E-state index in [1.807, 2.05) is 0 Å². The van der Waals surface area contributed by atoms with Gasteiger partial charge in [0.15, 0.2) is 0 Å². The molecule has 0 bridgehead atoms. The summed E-state index contributed by atoms with van der Waals surface area (Å²) in [6.45, 7) is 0. The van der Waals surface area contributed by atoms with Crippen molar-refractivity contribution in [2.24, 2.45) is 5.84 Å². The summed E-state index contributed by atoms with van der Waals surface area (Å²) in [7, 11) is -6.61. The third kappa shape index (κ3) is 4.92. The molecule has 10 heavy (non-hydrogen) atoms. The lowest BCUT2D eigenvalue weighted by molar-refractivity contribution is 0.435. The predicted octanol–water partition coefficient (Wildman–Crippen LogP) is -1.71. The molecule has 0 saturated carbocycles. The Morgan fingerprint density at radius 1 is 1.60 bits per heavy atom. The van der Waals surface area contributed by atoms with E-state index >= 15 is 0 Å². The molecule has 0 aliphatic carbocycles. The van der Waals surface area contributed by atoms with E-state index < -0.39 is 15.8 Å². The first-order valence-electron chi connectivity index (χ1n) is 1.97. The molecule has 0 amide bonds. The first-order valence-corrected chi connectivity index (χ1v) is 4.85. The third-order valence-electron chi connectivity index (χ3n) is 0.472. The summed E-state index contributed by atoms with van der Waals surface area (Å²) in [5.41, 5.74) is 0. The minimum atomic E-state index is -3.90. The summed E-state index contributed by atoms with van der Waals surface area (Å²) in [6, 6.07) is 0. The summed E-state index contributed by atoms with van der Waals surface area (Å²) in [4.78, 5) is 16.5. The Balaban J connectivity index is 3.68. The average Bonchev–Trinajstić information content (AvgIpc) is 1.85. The highest BCUT2D eigenvalue weighted by Gasteiger charge is 2.20. The Bertz CT molecular complexity index is 167. The fraction of sp³-hybridized carbons (Fsp3) is 0. The number of nitrogens with two attached hydrogens (primary N) is 1. The maximum atomic E-state index is 10.4. The van der Waals surface area contributed by atoms with E-state index in [4.69, 9.17) is 9.79 Å². The normalized spacial score (nSPS) is 18.1. The van der Waals surface area contributed by atoms with Gasteiger partial charge in [-0.05, 0) is 9.76 Å². The van der Waals surface area contributed by atoms with Crippen LogP contribution in [-0.2, 0) is 9.13 Å². The summed E-state index contributed by atoms with van der Waals surface area (Å²) in [5.74, 6) is 4.55. The molecule has 7 N–H and O–H groups in total. The van der Waals surface area contributed by atoms with Gasteiger partial charge in [0.25, 0.3) is 0 Å². The minimum Gasteiger partial charge on any atom is -0.320 e. The molecule has 0 aromatic heterocycles. The Kier molecular flexibility index (Phi) is 4.11. The van der Waals surface area contributed by atoms with Crippen LogP contribution in [0.1, 0.15) is 0 Å². The molecular weight excluding hydrogens is 182 g/mol. The molecule has 0 saturated heterocycles. The summed E-state index contributed by atoms with van der Waals surface area (Å²) < 4.78 is 20.2. The molecule has 0 rings (SSSR count). The quantitative estimate of drug-likeness (QED) is 0.175. The van der Waals surface area contributed by atoms with Gasteiger partial charge in [0.05, 0.1) is 0 Å². The molecule has 0 heterocycles. The highest BCUT2D eigenvalue weighted by Crippen LogP contribution is 2.26. The van der Waals surface area contributed by atoms with E-state index in [1.54, 1.807) is 10.4 Å². The van der Waals surface area contributed by atoms with Crippen molar-refractivity contribution in [3.8, 4) is 0 Å². The number of hydrazine groups is 2. The van der Waals surface area contributed by atoms with Gasteiger partial charge in [-0.1, -0.05) is 0 Å². The van der Waals surface area contributed by atoms with Crippen molar-refractivity contribution < 1.29 is 18.9 Å². The smallest absolute Gasteiger partial charge is 0.320 e. The lowest BCUT2D eigenvalue weighted by Crippen LogP contribution is -2.32. The standard InChI is InChI=1S/H6N4O4P2/c1-2-10(7,8)4-3-9(5)6/h1H2,(H4-,2,3,4,5,6,7,8)/p+1. The van der Waals surface area contributed by atoms with Crippen LogP contribution in [0.4, 0.5) is 0 Å². The van der Waals surface area contributed by atoms with Crippen LogP contribution in [0.3, 0.4) is 0 Å². The summed E-state index contributed by atoms with van der Waals surface area (Å²) in [6.07, 6.45) is 0. The fourth-order valence-corrected chi connectivity index (χ4v) is 1.09. The minimum absolute atomic E-state index is 1.49. The van der Waals surface area contributed by atoms with Crippen LogP contribution in [0.5, 0.6) is 0 Å². The summed E-state index contributed by atoms with van der Waals surface area (Å²) in [5, 5.41) is 4.69. The van der Waals surface area contributed by atoms with Gasteiger partial charge in [-0.15, -0.1) is 10.1 Å².